The number of hydrogen-bond acceptors (Lipinski definition) is 6. The molecule has 0 saturated heterocycles. The van der Waals surface area contributed by atoms with E-state index in [0.29, 0.717) is 18.0 Å². The van der Waals surface area contributed by atoms with E-state index in [4.69, 9.17) is 4.74 Å². The molecule has 0 unspecified atom stereocenters. The third-order valence-electron chi connectivity index (χ3n) is 2.49. The molecule has 1 N–H and O–H groups in total. The third-order valence-corrected chi connectivity index (χ3v) is 3.33. The van der Waals surface area contributed by atoms with Crippen molar-refractivity contribution in [3.8, 4) is 5.75 Å². The van der Waals surface area contributed by atoms with Crippen LogP contribution in [0.3, 0.4) is 0 Å². The quantitative estimate of drug-likeness (QED) is 0.649. The number of nitrogens with zero attached hydrogens (tertiary/aromatic N) is 2. The van der Waals surface area contributed by atoms with Gasteiger partial charge in [0.1, 0.15) is 5.75 Å². The van der Waals surface area contributed by atoms with E-state index >= 15 is 0 Å². The van der Waals surface area contributed by atoms with Crippen molar-refractivity contribution < 1.29 is 9.66 Å². The molecular formula is C12H13N3O3S. The Bertz CT molecular complexity index is 557. The zero-order chi connectivity index (χ0) is 13.7. The molecule has 0 aliphatic heterocycles. The average Bonchev–Trinajstić information content (AvgIpc) is 2.91. The highest BCUT2D eigenvalue weighted by Crippen LogP contribution is 2.25. The van der Waals surface area contributed by atoms with Crippen LogP contribution in [0.4, 0.5) is 11.4 Å². The monoisotopic (exact) mass is 279 g/mol. The molecule has 0 saturated carbocycles. The van der Waals surface area contributed by atoms with Crippen molar-refractivity contribution in [1.82, 2.24) is 4.98 Å². The number of anilines is 1. The van der Waals surface area contributed by atoms with Crippen LogP contribution in [0.15, 0.2) is 29.8 Å². The summed E-state index contributed by atoms with van der Waals surface area (Å²) in [5.41, 5.74) is 0.679. The maximum Gasteiger partial charge on any atom is 0.275 e. The summed E-state index contributed by atoms with van der Waals surface area (Å²) in [5, 5.41) is 16.9. The highest BCUT2D eigenvalue weighted by atomic mass is 32.1. The smallest absolute Gasteiger partial charge is 0.275 e. The fraction of sp³-hybridized carbons (Fsp3) is 0.250. The summed E-state index contributed by atoms with van der Waals surface area (Å²) in [6, 6.07) is 4.62. The number of benzene rings is 1. The summed E-state index contributed by atoms with van der Waals surface area (Å²) in [6.45, 7) is 0.665. The number of non-ortho nitro benzene ring substituents is 1. The largest absolute Gasteiger partial charge is 0.496 e. The standard InChI is InChI=1S/C12H13N3O3S/c1-18-11-7-9(6-10(8-11)15(16)17)13-3-2-12-14-4-5-19-12/h4-8,13H,2-3H2,1H3. The van der Waals surface area contributed by atoms with Crippen LogP contribution in [-0.4, -0.2) is 23.6 Å². The molecule has 0 fully saturated rings. The van der Waals surface area contributed by atoms with Gasteiger partial charge in [0.05, 0.1) is 23.1 Å². The number of hydrogen-bond donors (Lipinski definition) is 1. The van der Waals surface area contributed by atoms with Crippen LogP contribution < -0.4 is 10.1 Å². The summed E-state index contributed by atoms with van der Waals surface area (Å²) in [6.07, 6.45) is 2.54. The first-order chi connectivity index (χ1) is 9.19. The Labute approximate surface area is 114 Å². The van der Waals surface area contributed by atoms with Crippen molar-refractivity contribution in [3.05, 3.63) is 44.9 Å². The highest BCUT2D eigenvalue weighted by Gasteiger charge is 2.10. The molecule has 19 heavy (non-hydrogen) atoms. The van der Waals surface area contributed by atoms with Gasteiger partial charge < -0.3 is 10.1 Å². The van der Waals surface area contributed by atoms with E-state index in [1.807, 2.05) is 5.38 Å². The maximum atomic E-state index is 10.8. The van der Waals surface area contributed by atoms with Gasteiger partial charge in [-0.25, -0.2) is 4.98 Å². The van der Waals surface area contributed by atoms with Crippen molar-refractivity contribution >= 4 is 22.7 Å². The Morgan fingerprint density at radius 2 is 2.32 bits per heavy atom. The lowest BCUT2D eigenvalue weighted by atomic mass is 10.2. The molecule has 0 aliphatic rings. The molecule has 2 rings (SSSR count). The van der Waals surface area contributed by atoms with Gasteiger partial charge in [0.15, 0.2) is 0 Å². The average molecular weight is 279 g/mol. The Kier molecular flexibility index (Phi) is 4.30. The second-order valence-electron chi connectivity index (χ2n) is 3.78. The van der Waals surface area contributed by atoms with E-state index < -0.39 is 4.92 Å². The lowest BCUT2D eigenvalue weighted by Crippen LogP contribution is -2.05. The summed E-state index contributed by atoms with van der Waals surface area (Å²) in [5.74, 6) is 0.464. The van der Waals surface area contributed by atoms with Crippen LogP contribution in [0, 0.1) is 10.1 Å². The van der Waals surface area contributed by atoms with Crippen LogP contribution in [0.1, 0.15) is 5.01 Å². The van der Waals surface area contributed by atoms with Crippen LogP contribution in [-0.2, 0) is 6.42 Å². The number of nitro benzene ring substituents is 1. The number of nitro groups is 1. The van der Waals surface area contributed by atoms with Gasteiger partial charge in [0, 0.05) is 42.4 Å². The second kappa shape index (κ2) is 6.14. The normalized spacial score (nSPS) is 10.2. The zero-order valence-electron chi connectivity index (χ0n) is 10.3. The predicted molar refractivity (Wildman–Crippen MR) is 74.0 cm³/mol. The number of methoxy groups -OCH3 is 1. The Hall–Kier alpha value is -2.15. The molecule has 0 radical (unpaired) electrons. The molecule has 0 bridgehead atoms. The lowest BCUT2D eigenvalue weighted by molar-refractivity contribution is -0.384. The number of ether oxygens (including phenoxy) is 1. The van der Waals surface area contributed by atoms with Gasteiger partial charge in [0.2, 0.25) is 0 Å². The fourth-order valence-electron chi connectivity index (χ4n) is 1.60. The first-order valence-electron chi connectivity index (χ1n) is 5.65. The fourth-order valence-corrected chi connectivity index (χ4v) is 2.22. The van der Waals surface area contributed by atoms with Crippen molar-refractivity contribution in [2.75, 3.05) is 19.0 Å². The molecule has 1 aromatic heterocycles. The Morgan fingerprint density at radius 3 is 2.95 bits per heavy atom. The van der Waals surface area contributed by atoms with Crippen LogP contribution in [0.2, 0.25) is 0 Å². The zero-order valence-corrected chi connectivity index (χ0v) is 11.1. The second-order valence-corrected chi connectivity index (χ2v) is 4.76. The molecular weight excluding hydrogens is 266 g/mol. The number of aromatic nitrogens is 1. The van der Waals surface area contributed by atoms with E-state index in [-0.39, 0.29) is 5.69 Å². The van der Waals surface area contributed by atoms with Crippen LogP contribution in [0.25, 0.3) is 0 Å². The molecule has 6 nitrogen and oxygen atoms in total. The highest BCUT2D eigenvalue weighted by molar-refractivity contribution is 7.09. The van der Waals surface area contributed by atoms with Gasteiger partial charge in [-0.15, -0.1) is 11.3 Å². The van der Waals surface area contributed by atoms with Gasteiger partial charge in [-0.3, -0.25) is 10.1 Å². The molecule has 0 aliphatic carbocycles. The molecule has 0 atom stereocenters. The summed E-state index contributed by atoms with van der Waals surface area (Å²) in [4.78, 5) is 14.5. The Balaban J connectivity index is 2.02. The number of nitrogens with one attached hydrogen (secondary N) is 1. The molecule has 2 aromatic rings. The SMILES string of the molecule is COc1cc(NCCc2nccs2)cc([N+](=O)[O-])c1. The molecule has 100 valence electrons. The first-order valence-corrected chi connectivity index (χ1v) is 6.52. The first kappa shape index (κ1) is 13.3. The lowest BCUT2D eigenvalue weighted by Gasteiger charge is -2.07. The molecule has 0 amide bonds. The van der Waals surface area contributed by atoms with Crippen LogP contribution >= 0.6 is 11.3 Å². The summed E-state index contributed by atoms with van der Waals surface area (Å²) < 4.78 is 5.04. The van der Waals surface area contributed by atoms with E-state index in [9.17, 15) is 10.1 Å². The minimum atomic E-state index is -0.436. The maximum absolute atomic E-state index is 10.8. The van der Waals surface area contributed by atoms with Gasteiger partial charge in [0.25, 0.3) is 5.69 Å². The number of rotatable bonds is 6. The van der Waals surface area contributed by atoms with Crippen molar-refractivity contribution in [3.63, 3.8) is 0 Å². The molecule has 1 aromatic carbocycles. The van der Waals surface area contributed by atoms with E-state index in [2.05, 4.69) is 10.3 Å². The van der Waals surface area contributed by atoms with Crippen molar-refractivity contribution in [2.24, 2.45) is 0 Å². The van der Waals surface area contributed by atoms with Crippen molar-refractivity contribution in [2.45, 2.75) is 6.42 Å². The summed E-state index contributed by atoms with van der Waals surface area (Å²) >= 11 is 1.59. The van der Waals surface area contributed by atoms with E-state index in [1.165, 1.54) is 19.2 Å². The minimum Gasteiger partial charge on any atom is -0.496 e. The minimum absolute atomic E-state index is 0.0103. The van der Waals surface area contributed by atoms with Gasteiger partial charge in [-0.2, -0.15) is 0 Å². The molecule has 7 heteroatoms. The van der Waals surface area contributed by atoms with Gasteiger partial charge >= 0.3 is 0 Å². The predicted octanol–water partition coefficient (Wildman–Crippen LogP) is 2.71. The van der Waals surface area contributed by atoms with E-state index in [1.54, 1.807) is 23.6 Å². The van der Waals surface area contributed by atoms with Gasteiger partial charge in [-0.05, 0) is 0 Å². The van der Waals surface area contributed by atoms with E-state index in [0.717, 1.165) is 11.4 Å². The topological polar surface area (TPSA) is 77.3 Å². The van der Waals surface area contributed by atoms with Crippen LogP contribution in [0.5, 0.6) is 5.75 Å². The molecule has 1 heterocycles. The Morgan fingerprint density at radius 1 is 1.47 bits per heavy atom. The van der Waals surface area contributed by atoms with Gasteiger partial charge in [-0.1, -0.05) is 0 Å². The number of thiazole rings is 1. The molecule has 0 spiro atoms. The third kappa shape index (κ3) is 3.65. The van der Waals surface area contributed by atoms with Crippen molar-refractivity contribution in [1.29, 1.82) is 0 Å². The summed E-state index contributed by atoms with van der Waals surface area (Å²) in [7, 11) is 1.48.